The van der Waals surface area contributed by atoms with Crippen LogP contribution in [-0.2, 0) is 29.4 Å². The van der Waals surface area contributed by atoms with Gasteiger partial charge >= 0.3 is 22.3 Å². The Labute approximate surface area is 234 Å². The second kappa shape index (κ2) is 12.3. The van der Waals surface area contributed by atoms with Gasteiger partial charge < -0.3 is 19.1 Å². The number of alkyl halides is 3. The van der Waals surface area contributed by atoms with Gasteiger partial charge in [0, 0.05) is 13.1 Å². The number of amides is 2. The van der Waals surface area contributed by atoms with Gasteiger partial charge in [0.1, 0.15) is 22.2 Å². The lowest BCUT2D eigenvalue weighted by atomic mass is 10.1. The van der Waals surface area contributed by atoms with E-state index in [-0.39, 0.29) is 18.8 Å². The van der Waals surface area contributed by atoms with Crippen molar-refractivity contribution in [2.24, 2.45) is 0 Å². The van der Waals surface area contributed by atoms with Crippen LogP contribution in [0.2, 0.25) is 0 Å². The fourth-order valence-electron chi connectivity index (χ4n) is 3.83. The number of hydrogen-bond donors (Lipinski definition) is 1. The number of nitrogens with one attached hydrogen (secondary N) is 1. The number of carbonyl (C=O) groups is 1. The first-order chi connectivity index (χ1) is 19.4. The molecule has 12 heteroatoms. The molecule has 0 aliphatic heterocycles. The minimum atomic E-state index is -4.72. The minimum absolute atomic E-state index is 0.0685. The summed E-state index contributed by atoms with van der Waals surface area (Å²) >= 11 is 0. The highest BCUT2D eigenvalue weighted by atomic mass is 32.2. The van der Waals surface area contributed by atoms with Crippen molar-refractivity contribution >= 4 is 21.8 Å². The van der Waals surface area contributed by atoms with Crippen LogP contribution in [0.1, 0.15) is 16.7 Å². The molecule has 0 spiro atoms. The van der Waals surface area contributed by atoms with Crippen molar-refractivity contribution in [2.45, 2.75) is 24.2 Å². The van der Waals surface area contributed by atoms with E-state index in [4.69, 9.17) is 8.92 Å². The monoisotopic (exact) mass is 588 g/mol. The summed E-state index contributed by atoms with van der Waals surface area (Å²) in [4.78, 5) is 14.1. The molecule has 4 aromatic rings. The molecule has 4 rings (SSSR count). The first-order valence-electron chi connectivity index (χ1n) is 12.1. The van der Waals surface area contributed by atoms with Crippen LogP contribution >= 0.6 is 0 Å². The first-order valence-corrected chi connectivity index (χ1v) is 13.5. The standard InChI is InChI=1S/C29H24F4N2O5S/c1-39-27-8-3-2-7-26(27)34-28(36)35(18-20-9-13-23(30)14-10-20)19-21-11-15-24(16-12-21)40-41(37,38)25-6-4-5-22(17-25)29(31,32)33/h2-17H,18-19H2,1H3,(H,34,36). The van der Waals surface area contributed by atoms with Gasteiger partial charge in [-0.05, 0) is 65.7 Å². The molecule has 0 fully saturated rings. The smallest absolute Gasteiger partial charge is 0.416 e. The molecular weight excluding hydrogens is 564 g/mol. The Hall–Kier alpha value is -4.58. The highest BCUT2D eigenvalue weighted by molar-refractivity contribution is 7.87. The molecule has 214 valence electrons. The fraction of sp³-hybridized carbons (Fsp3) is 0.138. The lowest BCUT2D eigenvalue weighted by Gasteiger charge is -2.24. The summed E-state index contributed by atoms with van der Waals surface area (Å²) in [7, 11) is -3.08. The maximum Gasteiger partial charge on any atom is 0.416 e. The number of carbonyl (C=O) groups excluding carboxylic acids is 1. The number of methoxy groups -OCH3 is 1. The molecular formula is C29H24F4N2O5S. The fourth-order valence-corrected chi connectivity index (χ4v) is 4.80. The van der Waals surface area contributed by atoms with Gasteiger partial charge in [-0.2, -0.15) is 21.6 Å². The van der Waals surface area contributed by atoms with E-state index in [1.165, 1.54) is 48.4 Å². The molecule has 0 aliphatic rings. The molecule has 4 aromatic carbocycles. The van der Waals surface area contributed by atoms with Gasteiger partial charge in [-0.15, -0.1) is 0 Å². The SMILES string of the molecule is COc1ccccc1NC(=O)N(Cc1ccc(F)cc1)Cc1ccc(OS(=O)(=O)c2cccc(C(F)(F)F)c2)cc1. The molecule has 7 nitrogen and oxygen atoms in total. The molecule has 0 aromatic heterocycles. The maximum atomic E-state index is 13.4. The topological polar surface area (TPSA) is 84.9 Å². The van der Waals surface area contributed by atoms with Crippen LogP contribution in [0.5, 0.6) is 11.5 Å². The van der Waals surface area contributed by atoms with Gasteiger partial charge in [0.2, 0.25) is 0 Å². The predicted molar refractivity (Wildman–Crippen MR) is 143 cm³/mol. The van der Waals surface area contributed by atoms with Crippen LogP contribution in [0, 0.1) is 5.82 Å². The summed E-state index contributed by atoms with van der Waals surface area (Å²) in [6.07, 6.45) is -4.72. The summed E-state index contributed by atoms with van der Waals surface area (Å²) in [5.74, 6) is -0.102. The summed E-state index contributed by atoms with van der Waals surface area (Å²) in [5, 5.41) is 2.79. The van der Waals surface area contributed by atoms with E-state index >= 15 is 0 Å². The average Bonchev–Trinajstić information content (AvgIpc) is 2.94. The van der Waals surface area contributed by atoms with Gasteiger partial charge in [0.25, 0.3) is 0 Å². The summed E-state index contributed by atoms with van der Waals surface area (Å²) < 4.78 is 88.0. The van der Waals surface area contributed by atoms with Crippen molar-refractivity contribution in [3.05, 3.63) is 120 Å². The molecule has 0 saturated heterocycles. The molecule has 1 N–H and O–H groups in total. The lowest BCUT2D eigenvalue weighted by molar-refractivity contribution is -0.137. The van der Waals surface area contributed by atoms with Crippen molar-refractivity contribution < 1.29 is 39.7 Å². The highest BCUT2D eigenvalue weighted by Crippen LogP contribution is 2.31. The normalized spacial score (nSPS) is 11.5. The van der Waals surface area contributed by atoms with Crippen LogP contribution in [0.25, 0.3) is 0 Å². The van der Waals surface area contributed by atoms with Crippen molar-refractivity contribution in [2.75, 3.05) is 12.4 Å². The largest absolute Gasteiger partial charge is 0.495 e. The van der Waals surface area contributed by atoms with E-state index in [1.54, 1.807) is 36.4 Å². The van der Waals surface area contributed by atoms with Crippen LogP contribution in [0.15, 0.2) is 102 Å². The average molecular weight is 589 g/mol. The van der Waals surface area contributed by atoms with Gasteiger partial charge in [0.15, 0.2) is 0 Å². The van der Waals surface area contributed by atoms with Crippen molar-refractivity contribution in [3.8, 4) is 11.5 Å². The van der Waals surface area contributed by atoms with Crippen molar-refractivity contribution in [1.29, 1.82) is 0 Å². The van der Waals surface area contributed by atoms with Crippen LogP contribution in [0.3, 0.4) is 0 Å². The number of para-hydroxylation sites is 2. The molecule has 0 atom stereocenters. The van der Waals surface area contributed by atoms with E-state index in [0.29, 0.717) is 28.6 Å². The summed E-state index contributed by atoms with van der Waals surface area (Å²) in [5.41, 5.74) is 0.567. The van der Waals surface area contributed by atoms with Crippen LogP contribution in [0.4, 0.5) is 28.0 Å². The van der Waals surface area contributed by atoms with E-state index in [1.807, 2.05) is 0 Å². The quantitative estimate of drug-likeness (QED) is 0.171. The first kappa shape index (κ1) is 29.4. The summed E-state index contributed by atoms with van der Waals surface area (Å²) in [6.45, 7) is 0.183. The lowest BCUT2D eigenvalue weighted by Crippen LogP contribution is -2.34. The van der Waals surface area contributed by atoms with E-state index in [2.05, 4.69) is 5.32 Å². The van der Waals surface area contributed by atoms with Crippen LogP contribution < -0.4 is 14.2 Å². The molecule has 0 aliphatic carbocycles. The molecule has 41 heavy (non-hydrogen) atoms. The second-order valence-electron chi connectivity index (χ2n) is 8.82. The zero-order valence-corrected chi connectivity index (χ0v) is 22.4. The molecule has 0 bridgehead atoms. The number of rotatable bonds is 9. The summed E-state index contributed by atoms with van der Waals surface area (Å²) in [6, 6.07) is 21.0. The Kier molecular flexibility index (Phi) is 8.82. The van der Waals surface area contributed by atoms with E-state index in [9.17, 15) is 30.8 Å². The Bertz CT molecular complexity index is 1610. The third-order valence-corrected chi connectivity index (χ3v) is 7.12. The van der Waals surface area contributed by atoms with Crippen molar-refractivity contribution in [1.82, 2.24) is 4.90 Å². The number of hydrogen-bond acceptors (Lipinski definition) is 5. The molecule has 0 heterocycles. The van der Waals surface area contributed by atoms with Gasteiger partial charge in [0.05, 0.1) is 18.4 Å². The Morgan fingerprint density at radius 2 is 1.46 bits per heavy atom. The molecule has 2 amide bonds. The number of nitrogens with zero attached hydrogens (tertiary/aromatic N) is 1. The van der Waals surface area contributed by atoms with E-state index in [0.717, 1.165) is 18.2 Å². The van der Waals surface area contributed by atoms with Crippen molar-refractivity contribution in [3.63, 3.8) is 0 Å². The zero-order valence-electron chi connectivity index (χ0n) is 21.6. The third kappa shape index (κ3) is 7.76. The Morgan fingerprint density at radius 3 is 2.07 bits per heavy atom. The maximum absolute atomic E-state index is 13.4. The van der Waals surface area contributed by atoms with E-state index < -0.39 is 38.6 Å². The van der Waals surface area contributed by atoms with Gasteiger partial charge in [-0.25, -0.2) is 9.18 Å². The molecule has 0 saturated carbocycles. The molecule has 0 radical (unpaired) electrons. The molecule has 0 unspecified atom stereocenters. The predicted octanol–water partition coefficient (Wildman–Crippen LogP) is 6.86. The number of ether oxygens (including phenoxy) is 1. The number of urea groups is 1. The number of halogens is 4. The van der Waals surface area contributed by atoms with Gasteiger partial charge in [-0.1, -0.05) is 42.5 Å². The minimum Gasteiger partial charge on any atom is -0.495 e. The second-order valence-corrected chi connectivity index (χ2v) is 10.4. The Morgan fingerprint density at radius 1 is 0.854 bits per heavy atom. The zero-order chi connectivity index (χ0) is 29.6. The van der Waals surface area contributed by atoms with Crippen LogP contribution in [-0.4, -0.2) is 26.5 Å². The Balaban J connectivity index is 1.52. The number of benzene rings is 4. The number of anilines is 1. The van der Waals surface area contributed by atoms with Gasteiger partial charge in [-0.3, -0.25) is 0 Å². The highest BCUT2D eigenvalue weighted by Gasteiger charge is 2.32. The third-order valence-electron chi connectivity index (χ3n) is 5.88.